The number of nitrogens with one attached hydrogen (secondary N) is 1. The van der Waals surface area contributed by atoms with E-state index in [-0.39, 0.29) is 23.9 Å². The van der Waals surface area contributed by atoms with E-state index in [9.17, 15) is 9.59 Å². The largest absolute Gasteiger partial charge is 0.462 e. The number of carbonyl (C=O) groups is 2. The lowest BCUT2D eigenvalue weighted by molar-refractivity contribution is -0.147. The first-order chi connectivity index (χ1) is 14.4. The lowest BCUT2D eigenvalue weighted by atomic mass is 9.99. The van der Waals surface area contributed by atoms with E-state index in [1.54, 1.807) is 4.90 Å². The summed E-state index contributed by atoms with van der Waals surface area (Å²) in [6.45, 7) is 5.54. The van der Waals surface area contributed by atoms with Crippen molar-refractivity contribution in [3.05, 3.63) is 30.3 Å². The predicted octanol–water partition coefficient (Wildman–Crippen LogP) is 4.51. The molecule has 2 aliphatic heterocycles. The minimum absolute atomic E-state index is 0.114. The van der Waals surface area contributed by atoms with Crippen molar-refractivity contribution in [3.63, 3.8) is 0 Å². The molecule has 0 unspecified atom stereocenters. The summed E-state index contributed by atoms with van der Waals surface area (Å²) in [6, 6.07) is 10.1. The van der Waals surface area contributed by atoms with Crippen molar-refractivity contribution in [1.29, 1.82) is 0 Å². The number of esters is 1. The molecule has 2 saturated heterocycles. The van der Waals surface area contributed by atoms with Gasteiger partial charge in [-0.3, -0.25) is 4.79 Å². The summed E-state index contributed by atoms with van der Waals surface area (Å²) >= 11 is 6.98. The number of hydrogen-bond acceptors (Lipinski definition) is 5. The molecule has 0 saturated carbocycles. The van der Waals surface area contributed by atoms with Crippen LogP contribution in [0.5, 0.6) is 0 Å². The van der Waals surface area contributed by atoms with Crippen LogP contribution in [0.15, 0.2) is 30.3 Å². The number of piperidine rings is 2. The maximum absolute atomic E-state index is 12.4. The van der Waals surface area contributed by atoms with Crippen LogP contribution in [-0.4, -0.2) is 63.2 Å². The Bertz CT molecular complexity index is 728. The van der Waals surface area contributed by atoms with Crippen LogP contribution >= 0.6 is 24.0 Å². The number of urea groups is 1. The number of thiocarbonyl (C=S) groups is 1. The number of anilines is 1. The van der Waals surface area contributed by atoms with Gasteiger partial charge in [0.15, 0.2) is 0 Å². The van der Waals surface area contributed by atoms with Crippen LogP contribution in [0.2, 0.25) is 0 Å². The Morgan fingerprint density at radius 2 is 1.73 bits per heavy atom. The van der Waals surface area contributed by atoms with Crippen LogP contribution in [0.25, 0.3) is 0 Å². The Morgan fingerprint density at radius 1 is 1.10 bits per heavy atom. The van der Waals surface area contributed by atoms with Crippen molar-refractivity contribution in [2.75, 3.05) is 24.2 Å². The average Bonchev–Trinajstić information content (AvgIpc) is 2.73. The lowest BCUT2D eigenvalue weighted by Crippen LogP contribution is -2.46. The second-order valence-corrected chi connectivity index (χ2v) is 9.67. The number of ether oxygens (including phenoxy) is 1. The normalized spacial score (nSPS) is 22.5. The van der Waals surface area contributed by atoms with Crippen molar-refractivity contribution in [3.8, 4) is 0 Å². The summed E-state index contributed by atoms with van der Waals surface area (Å²) in [4.78, 5) is 28.7. The van der Waals surface area contributed by atoms with E-state index < -0.39 is 0 Å². The third-order valence-corrected chi connectivity index (χ3v) is 7.17. The Hall–Kier alpha value is -1.80. The van der Waals surface area contributed by atoms with Crippen molar-refractivity contribution in [1.82, 2.24) is 9.80 Å². The Kier molecular flexibility index (Phi) is 8.39. The zero-order valence-corrected chi connectivity index (χ0v) is 19.3. The minimum atomic E-state index is -0.230. The number of amides is 2. The highest BCUT2D eigenvalue weighted by Crippen LogP contribution is 2.26. The Balaban J connectivity index is 1.37. The summed E-state index contributed by atoms with van der Waals surface area (Å²) in [5.41, 5.74) is 0.779. The zero-order valence-electron chi connectivity index (χ0n) is 17.7. The van der Waals surface area contributed by atoms with Gasteiger partial charge in [0.1, 0.15) is 10.4 Å². The molecular weight excluding hydrogens is 418 g/mol. The van der Waals surface area contributed by atoms with E-state index in [0.29, 0.717) is 38.0 Å². The highest BCUT2D eigenvalue weighted by molar-refractivity contribution is 8.23. The fraction of sp³-hybridized carbons (Fsp3) is 0.591. The number of thioether (sulfide) groups is 1. The van der Waals surface area contributed by atoms with Crippen LogP contribution in [-0.2, 0) is 9.53 Å². The first kappa shape index (κ1) is 22.9. The van der Waals surface area contributed by atoms with Gasteiger partial charge >= 0.3 is 12.0 Å². The van der Waals surface area contributed by atoms with Crippen molar-refractivity contribution < 1.29 is 14.3 Å². The van der Waals surface area contributed by atoms with Crippen LogP contribution in [0.3, 0.4) is 0 Å². The van der Waals surface area contributed by atoms with Gasteiger partial charge in [-0.1, -0.05) is 42.2 Å². The predicted molar refractivity (Wildman–Crippen MR) is 126 cm³/mol. The lowest BCUT2D eigenvalue weighted by Gasteiger charge is -2.40. The van der Waals surface area contributed by atoms with E-state index in [1.165, 1.54) is 18.2 Å². The van der Waals surface area contributed by atoms with Gasteiger partial charge in [-0.15, -0.1) is 0 Å². The average molecular weight is 450 g/mol. The first-order valence-electron chi connectivity index (χ1n) is 10.7. The molecule has 1 aromatic rings. The van der Waals surface area contributed by atoms with Gasteiger partial charge in [0, 0.05) is 43.7 Å². The fourth-order valence-corrected chi connectivity index (χ4v) is 5.45. The monoisotopic (exact) mass is 449 g/mol. The highest BCUT2D eigenvalue weighted by atomic mass is 32.2. The molecule has 0 radical (unpaired) electrons. The molecule has 2 amide bonds. The van der Waals surface area contributed by atoms with Gasteiger partial charge in [0.2, 0.25) is 0 Å². The number of carbonyl (C=O) groups excluding carboxylic acids is 2. The second-order valence-electron chi connectivity index (χ2n) is 8.06. The molecular formula is C22H31N3O3S2. The van der Waals surface area contributed by atoms with Gasteiger partial charge < -0.3 is 19.9 Å². The van der Waals surface area contributed by atoms with Crippen molar-refractivity contribution in [2.24, 2.45) is 0 Å². The minimum Gasteiger partial charge on any atom is -0.462 e. The maximum atomic E-state index is 12.4. The summed E-state index contributed by atoms with van der Waals surface area (Å²) in [6.07, 6.45) is 4.70. The van der Waals surface area contributed by atoms with Crippen molar-refractivity contribution >= 4 is 46.0 Å². The van der Waals surface area contributed by atoms with Gasteiger partial charge in [-0.25, -0.2) is 4.79 Å². The molecule has 0 aliphatic carbocycles. The molecule has 0 aromatic heterocycles. The van der Waals surface area contributed by atoms with Gasteiger partial charge in [-0.2, -0.15) is 0 Å². The molecule has 2 atom stereocenters. The summed E-state index contributed by atoms with van der Waals surface area (Å²) in [5, 5.41) is 2.90. The van der Waals surface area contributed by atoms with Crippen LogP contribution < -0.4 is 5.32 Å². The molecule has 3 rings (SSSR count). The SMILES string of the molecule is C[C@@H]1CCC[C@@H](C)N1C(=S)SCC(=O)OC1CCN(C(=O)Nc2ccccc2)CC1. The number of likely N-dealkylation sites (tertiary alicyclic amines) is 2. The first-order valence-corrected chi connectivity index (χ1v) is 12.1. The quantitative estimate of drug-likeness (QED) is 0.539. The van der Waals surface area contributed by atoms with E-state index in [1.807, 2.05) is 30.3 Å². The smallest absolute Gasteiger partial charge is 0.321 e. The summed E-state index contributed by atoms with van der Waals surface area (Å²) < 4.78 is 6.42. The number of nitrogens with zero attached hydrogens (tertiary/aromatic N) is 2. The van der Waals surface area contributed by atoms with E-state index in [4.69, 9.17) is 17.0 Å². The molecule has 1 aromatic carbocycles. The molecule has 30 heavy (non-hydrogen) atoms. The summed E-state index contributed by atoms with van der Waals surface area (Å²) in [7, 11) is 0. The van der Waals surface area contributed by atoms with E-state index in [2.05, 4.69) is 24.1 Å². The standard InChI is InChI=1S/C22H31N3O3S2/c1-16-7-6-8-17(2)25(16)22(29)30-15-20(26)28-19-11-13-24(14-12-19)21(27)23-18-9-4-3-5-10-18/h3-5,9-10,16-17,19H,6-8,11-15H2,1-2H3,(H,23,27)/t16-,17-/m1/s1. The third kappa shape index (κ3) is 6.35. The van der Waals surface area contributed by atoms with Crippen LogP contribution in [0.4, 0.5) is 10.5 Å². The van der Waals surface area contributed by atoms with Crippen LogP contribution in [0.1, 0.15) is 46.0 Å². The zero-order chi connectivity index (χ0) is 21.5. The highest BCUT2D eigenvalue weighted by Gasteiger charge is 2.28. The molecule has 8 heteroatoms. The fourth-order valence-electron chi connectivity index (χ4n) is 4.10. The molecule has 0 bridgehead atoms. The van der Waals surface area contributed by atoms with Crippen molar-refractivity contribution in [2.45, 2.75) is 64.1 Å². The number of rotatable bonds is 4. The molecule has 1 N–H and O–H groups in total. The topological polar surface area (TPSA) is 61.9 Å². The van der Waals surface area contributed by atoms with Gasteiger partial charge in [0.25, 0.3) is 0 Å². The number of benzene rings is 1. The number of para-hydroxylation sites is 1. The molecule has 0 spiro atoms. The third-order valence-electron chi connectivity index (χ3n) is 5.77. The molecule has 2 fully saturated rings. The van der Waals surface area contributed by atoms with Gasteiger partial charge in [-0.05, 0) is 45.2 Å². The second kappa shape index (κ2) is 11.0. The molecule has 2 heterocycles. The van der Waals surface area contributed by atoms with Crippen LogP contribution in [0, 0.1) is 0 Å². The maximum Gasteiger partial charge on any atom is 0.321 e. The van der Waals surface area contributed by atoms with E-state index in [0.717, 1.165) is 22.8 Å². The Labute approximate surface area is 188 Å². The number of hydrogen-bond donors (Lipinski definition) is 1. The molecule has 164 valence electrons. The van der Waals surface area contributed by atoms with Gasteiger partial charge in [0.05, 0.1) is 5.75 Å². The summed E-state index contributed by atoms with van der Waals surface area (Å²) in [5.74, 6) is 0.00980. The Morgan fingerprint density at radius 3 is 2.37 bits per heavy atom. The molecule has 6 nitrogen and oxygen atoms in total. The van der Waals surface area contributed by atoms with E-state index >= 15 is 0 Å². The molecule has 2 aliphatic rings.